The molecular formula is C41H27N3O. The number of allylic oxidation sites excluding steroid dienone is 1. The van der Waals surface area contributed by atoms with Crippen molar-refractivity contribution in [2.75, 3.05) is 0 Å². The molecule has 0 saturated heterocycles. The largest absolute Gasteiger partial charge is 0.456 e. The average molecular weight is 578 g/mol. The van der Waals surface area contributed by atoms with Crippen molar-refractivity contribution < 1.29 is 4.42 Å². The maximum absolute atomic E-state index is 6.39. The van der Waals surface area contributed by atoms with E-state index in [0.717, 1.165) is 62.6 Å². The second kappa shape index (κ2) is 10.4. The van der Waals surface area contributed by atoms with Gasteiger partial charge in [-0.3, -0.25) is 0 Å². The summed E-state index contributed by atoms with van der Waals surface area (Å²) in [7, 11) is 0. The van der Waals surface area contributed by atoms with Gasteiger partial charge in [0, 0.05) is 27.5 Å². The van der Waals surface area contributed by atoms with Crippen molar-refractivity contribution >= 4 is 38.8 Å². The van der Waals surface area contributed by atoms with Crippen molar-refractivity contribution in [2.24, 2.45) is 0 Å². The number of rotatable bonds is 4. The fraction of sp³-hybridized carbons (Fsp3) is 0.0488. The van der Waals surface area contributed by atoms with Crippen LogP contribution in [-0.4, -0.2) is 15.0 Å². The topological polar surface area (TPSA) is 51.8 Å². The molecule has 6 aromatic carbocycles. The van der Waals surface area contributed by atoms with E-state index in [1.54, 1.807) is 0 Å². The molecule has 0 N–H and O–H groups in total. The van der Waals surface area contributed by atoms with E-state index in [1.165, 1.54) is 21.9 Å². The molecule has 0 bridgehead atoms. The van der Waals surface area contributed by atoms with Crippen molar-refractivity contribution in [1.29, 1.82) is 0 Å². The molecule has 0 amide bonds. The second-order valence-corrected chi connectivity index (χ2v) is 11.6. The number of hydrogen-bond acceptors (Lipinski definition) is 4. The van der Waals surface area contributed by atoms with E-state index in [1.807, 2.05) is 42.5 Å². The number of fused-ring (bicyclic) bond motifs is 5. The van der Waals surface area contributed by atoms with Crippen molar-refractivity contribution in [2.45, 2.75) is 12.8 Å². The Bertz CT molecular complexity index is 2440. The summed E-state index contributed by atoms with van der Waals surface area (Å²) in [4.78, 5) is 15.2. The summed E-state index contributed by atoms with van der Waals surface area (Å²) < 4.78 is 6.39. The van der Waals surface area contributed by atoms with E-state index in [4.69, 9.17) is 19.4 Å². The predicted molar refractivity (Wildman–Crippen MR) is 184 cm³/mol. The van der Waals surface area contributed by atoms with E-state index in [9.17, 15) is 0 Å². The molecule has 1 aliphatic rings. The molecule has 0 fully saturated rings. The molecule has 0 radical (unpaired) electrons. The van der Waals surface area contributed by atoms with E-state index >= 15 is 0 Å². The summed E-state index contributed by atoms with van der Waals surface area (Å²) in [5, 5.41) is 4.48. The Morgan fingerprint density at radius 2 is 1.27 bits per heavy atom. The molecule has 0 aliphatic heterocycles. The van der Waals surface area contributed by atoms with Crippen molar-refractivity contribution in [3.63, 3.8) is 0 Å². The summed E-state index contributed by atoms with van der Waals surface area (Å²) in [6, 6.07) is 44.3. The van der Waals surface area contributed by atoms with Gasteiger partial charge in [-0.2, -0.15) is 0 Å². The number of nitrogens with zero attached hydrogens (tertiary/aromatic N) is 3. The minimum Gasteiger partial charge on any atom is -0.456 e. The van der Waals surface area contributed by atoms with Gasteiger partial charge in [0.1, 0.15) is 11.2 Å². The number of aryl methyl sites for hydroxylation is 1. The van der Waals surface area contributed by atoms with Crippen LogP contribution < -0.4 is 0 Å². The summed E-state index contributed by atoms with van der Waals surface area (Å²) in [6.07, 6.45) is 6.57. The highest BCUT2D eigenvalue weighted by atomic mass is 16.3. The van der Waals surface area contributed by atoms with Crippen LogP contribution in [0.3, 0.4) is 0 Å². The van der Waals surface area contributed by atoms with Crippen LogP contribution in [0.25, 0.3) is 84.1 Å². The van der Waals surface area contributed by atoms with Gasteiger partial charge in [0.25, 0.3) is 0 Å². The van der Waals surface area contributed by atoms with Gasteiger partial charge in [0.15, 0.2) is 17.5 Å². The van der Waals surface area contributed by atoms with E-state index in [2.05, 4.69) is 97.1 Å². The first-order valence-electron chi connectivity index (χ1n) is 15.3. The van der Waals surface area contributed by atoms with Crippen LogP contribution in [0.15, 0.2) is 138 Å². The standard InChI is InChI=1S/C41H27N3O/c1-2-11-28(12-3-1)39-42-40(33-20-18-27-10-5-7-14-30(27)24-33)44-41(43-39)34-15-8-16-37-38(34)35-25-32(21-22-36(35)45-37)31-19-17-26-9-4-6-13-29(26)23-31/h1-4,6-9,11-25H,5,10H2. The molecule has 45 heavy (non-hydrogen) atoms. The molecule has 8 aromatic rings. The zero-order chi connectivity index (χ0) is 29.7. The molecule has 0 unspecified atom stereocenters. The van der Waals surface area contributed by atoms with Crippen molar-refractivity contribution in [3.8, 4) is 45.3 Å². The first-order chi connectivity index (χ1) is 22.3. The van der Waals surface area contributed by atoms with E-state index < -0.39 is 0 Å². The molecule has 9 rings (SSSR count). The molecule has 2 heterocycles. The van der Waals surface area contributed by atoms with Gasteiger partial charge in [-0.05, 0) is 76.2 Å². The number of furan rings is 1. The highest BCUT2D eigenvalue weighted by molar-refractivity contribution is 6.13. The lowest BCUT2D eigenvalue weighted by atomic mass is 9.95. The molecule has 1 aliphatic carbocycles. The Hall–Kier alpha value is -5.87. The minimum absolute atomic E-state index is 0.622. The third-order valence-corrected chi connectivity index (χ3v) is 8.77. The maximum atomic E-state index is 6.39. The monoisotopic (exact) mass is 577 g/mol. The average Bonchev–Trinajstić information content (AvgIpc) is 3.49. The highest BCUT2D eigenvalue weighted by Crippen LogP contribution is 2.39. The quantitative estimate of drug-likeness (QED) is 0.209. The number of benzene rings is 6. The number of hydrogen-bond donors (Lipinski definition) is 0. The van der Waals surface area contributed by atoms with Crippen LogP contribution in [-0.2, 0) is 6.42 Å². The molecule has 212 valence electrons. The normalized spacial score (nSPS) is 12.6. The Morgan fingerprint density at radius 1 is 0.511 bits per heavy atom. The van der Waals surface area contributed by atoms with Gasteiger partial charge in [-0.25, -0.2) is 15.0 Å². The van der Waals surface area contributed by atoms with Crippen molar-refractivity contribution in [3.05, 3.63) is 145 Å². The van der Waals surface area contributed by atoms with E-state index in [0.29, 0.717) is 17.5 Å². The molecule has 0 saturated carbocycles. The Kier molecular flexibility index (Phi) is 5.91. The summed E-state index contributed by atoms with van der Waals surface area (Å²) in [5.74, 6) is 1.92. The predicted octanol–water partition coefficient (Wildman–Crippen LogP) is 10.6. The summed E-state index contributed by atoms with van der Waals surface area (Å²) >= 11 is 0. The SMILES string of the molecule is C1=Cc2cc(-c3nc(-c4ccccc4)nc(-c4cccc5oc6ccc(-c7ccc8ccccc8c7)cc6c45)n3)ccc2CC1. The van der Waals surface area contributed by atoms with Gasteiger partial charge >= 0.3 is 0 Å². The summed E-state index contributed by atoms with van der Waals surface area (Å²) in [6.45, 7) is 0. The van der Waals surface area contributed by atoms with Crippen LogP contribution in [0.4, 0.5) is 0 Å². The van der Waals surface area contributed by atoms with Gasteiger partial charge in [0.2, 0.25) is 0 Å². The first kappa shape index (κ1) is 25.6. The van der Waals surface area contributed by atoms with Gasteiger partial charge in [-0.1, -0.05) is 109 Å². The zero-order valence-corrected chi connectivity index (χ0v) is 24.4. The lowest BCUT2D eigenvalue weighted by molar-refractivity contribution is 0.669. The second-order valence-electron chi connectivity index (χ2n) is 11.6. The molecule has 0 spiro atoms. The number of aromatic nitrogens is 3. The van der Waals surface area contributed by atoms with Crippen LogP contribution in [0.1, 0.15) is 17.5 Å². The van der Waals surface area contributed by atoms with Crippen LogP contribution in [0.5, 0.6) is 0 Å². The van der Waals surface area contributed by atoms with Crippen LogP contribution in [0.2, 0.25) is 0 Å². The Balaban J connectivity index is 1.25. The molecule has 0 atom stereocenters. The van der Waals surface area contributed by atoms with Crippen molar-refractivity contribution in [1.82, 2.24) is 15.0 Å². The fourth-order valence-electron chi connectivity index (χ4n) is 6.47. The van der Waals surface area contributed by atoms with Gasteiger partial charge in [-0.15, -0.1) is 0 Å². The van der Waals surface area contributed by atoms with E-state index in [-0.39, 0.29) is 0 Å². The Morgan fingerprint density at radius 3 is 2.18 bits per heavy atom. The summed E-state index contributed by atoms with van der Waals surface area (Å²) in [5.41, 5.74) is 9.36. The van der Waals surface area contributed by atoms with Crippen LogP contribution in [0, 0.1) is 0 Å². The lowest BCUT2D eigenvalue weighted by Crippen LogP contribution is -2.01. The van der Waals surface area contributed by atoms with Crippen LogP contribution >= 0.6 is 0 Å². The highest BCUT2D eigenvalue weighted by Gasteiger charge is 2.19. The first-order valence-corrected chi connectivity index (χ1v) is 15.3. The van der Waals surface area contributed by atoms with Gasteiger partial charge in [0.05, 0.1) is 0 Å². The zero-order valence-electron chi connectivity index (χ0n) is 24.4. The fourth-order valence-corrected chi connectivity index (χ4v) is 6.47. The smallest absolute Gasteiger partial charge is 0.164 e. The minimum atomic E-state index is 0.622. The Labute approximate surface area is 260 Å². The maximum Gasteiger partial charge on any atom is 0.164 e. The molecule has 4 nitrogen and oxygen atoms in total. The van der Waals surface area contributed by atoms with Gasteiger partial charge < -0.3 is 4.42 Å². The molecular weight excluding hydrogens is 550 g/mol. The molecule has 2 aromatic heterocycles. The lowest BCUT2D eigenvalue weighted by Gasteiger charge is -2.13. The molecule has 4 heteroatoms. The third kappa shape index (κ3) is 4.50. The third-order valence-electron chi connectivity index (χ3n) is 8.77.